The van der Waals surface area contributed by atoms with Gasteiger partial charge in [-0.25, -0.2) is 9.97 Å². The fourth-order valence-corrected chi connectivity index (χ4v) is 2.49. The van der Waals surface area contributed by atoms with Crippen molar-refractivity contribution in [1.29, 1.82) is 0 Å². The number of anilines is 1. The first-order valence-electron chi connectivity index (χ1n) is 5.35. The third-order valence-corrected chi connectivity index (χ3v) is 3.35. The van der Waals surface area contributed by atoms with Gasteiger partial charge in [-0.2, -0.15) is 11.3 Å². The smallest absolute Gasteiger partial charge is 0.220 e. The Morgan fingerprint density at radius 1 is 1.18 bits per heavy atom. The second-order valence-corrected chi connectivity index (χ2v) is 4.62. The minimum Gasteiger partial charge on any atom is -0.368 e. The monoisotopic (exact) mass is 241 g/mol. The predicted molar refractivity (Wildman–Crippen MR) is 70.8 cm³/mol. The van der Waals surface area contributed by atoms with Crippen LogP contribution in [0.2, 0.25) is 0 Å². The molecule has 3 nitrogen and oxygen atoms in total. The van der Waals surface area contributed by atoms with Crippen molar-refractivity contribution in [3.8, 4) is 11.3 Å². The molecule has 1 aliphatic rings. The lowest BCUT2D eigenvalue weighted by Crippen LogP contribution is -2.02. The fourth-order valence-electron chi connectivity index (χ4n) is 1.84. The van der Waals surface area contributed by atoms with E-state index in [2.05, 4.69) is 27.5 Å². The summed E-state index contributed by atoms with van der Waals surface area (Å²) >= 11 is 1.65. The molecule has 2 N–H and O–H groups in total. The number of rotatable bonds is 2. The van der Waals surface area contributed by atoms with Crippen LogP contribution in [0, 0.1) is 0 Å². The van der Waals surface area contributed by atoms with Crippen LogP contribution in [-0.4, -0.2) is 9.97 Å². The highest BCUT2D eigenvalue weighted by molar-refractivity contribution is 7.08. The van der Waals surface area contributed by atoms with Gasteiger partial charge in [0.15, 0.2) is 0 Å². The zero-order valence-electron chi connectivity index (χ0n) is 9.08. The highest BCUT2D eigenvalue weighted by Crippen LogP contribution is 2.26. The Morgan fingerprint density at radius 3 is 2.71 bits per heavy atom. The third-order valence-electron chi connectivity index (χ3n) is 2.67. The molecular weight excluding hydrogens is 230 g/mol. The molecule has 0 fully saturated rings. The minimum absolute atomic E-state index is 0.220. The first-order chi connectivity index (χ1) is 8.33. The number of nitrogens with zero attached hydrogens (tertiary/aromatic N) is 2. The molecule has 0 aromatic carbocycles. The topological polar surface area (TPSA) is 51.8 Å². The molecule has 2 heterocycles. The van der Waals surface area contributed by atoms with Gasteiger partial charge < -0.3 is 5.73 Å². The Morgan fingerprint density at radius 2 is 2.00 bits per heavy atom. The van der Waals surface area contributed by atoms with Crippen molar-refractivity contribution >= 4 is 17.3 Å². The largest absolute Gasteiger partial charge is 0.368 e. The maximum atomic E-state index is 5.77. The average molecular weight is 241 g/mol. The molecule has 0 aliphatic heterocycles. The van der Waals surface area contributed by atoms with E-state index >= 15 is 0 Å². The van der Waals surface area contributed by atoms with E-state index in [1.807, 2.05) is 29.7 Å². The van der Waals surface area contributed by atoms with Gasteiger partial charge in [0.05, 0.1) is 11.4 Å². The first-order valence-corrected chi connectivity index (χ1v) is 6.29. The molecule has 0 spiro atoms. The summed E-state index contributed by atoms with van der Waals surface area (Å²) in [6.07, 6.45) is 8.23. The first kappa shape index (κ1) is 10.2. The van der Waals surface area contributed by atoms with Crippen LogP contribution in [0.15, 0.2) is 47.2 Å². The van der Waals surface area contributed by atoms with Crippen molar-refractivity contribution in [1.82, 2.24) is 9.97 Å². The lowest BCUT2D eigenvalue weighted by Gasteiger charge is -2.07. The lowest BCUT2D eigenvalue weighted by molar-refractivity contribution is 0.987. The molecule has 84 valence electrons. The van der Waals surface area contributed by atoms with Crippen LogP contribution in [0.1, 0.15) is 11.6 Å². The number of nitrogens with two attached hydrogens (primary N) is 1. The van der Waals surface area contributed by atoms with E-state index in [1.54, 1.807) is 11.3 Å². The standard InChI is InChI=1S/C13H11N3S/c14-13-15-11(9-3-1-2-4-9)7-12(16-13)10-5-6-17-8-10/h1-9H,(H2,14,15,16). The van der Waals surface area contributed by atoms with Crippen molar-refractivity contribution in [2.75, 3.05) is 5.73 Å². The van der Waals surface area contributed by atoms with Gasteiger partial charge in [-0.1, -0.05) is 24.3 Å². The van der Waals surface area contributed by atoms with E-state index in [0.717, 1.165) is 17.0 Å². The SMILES string of the molecule is Nc1nc(-c2ccsc2)cc(C2C=CC=C2)n1. The maximum Gasteiger partial charge on any atom is 0.220 e. The van der Waals surface area contributed by atoms with Crippen LogP contribution in [-0.2, 0) is 0 Å². The van der Waals surface area contributed by atoms with Gasteiger partial charge in [0.2, 0.25) is 5.95 Å². The minimum atomic E-state index is 0.220. The number of allylic oxidation sites excluding steroid dienone is 4. The summed E-state index contributed by atoms with van der Waals surface area (Å²) in [5.74, 6) is 0.551. The van der Waals surface area contributed by atoms with Gasteiger partial charge in [-0.05, 0) is 17.5 Å². The molecule has 2 aromatic heterocycles. The molecule has 0 saturated heterocycles. The van der Waals surface area contributed by atoms with Gasteiger partial charge in [0.25, 0.3) is 0 Å². The molecule has 0 amide bonds. The molecular formula is C13H11N3S. The van der Waals surface area contributed by atoms with E-state index in [9.17, 15) is 0 Å². The number of hydrogen-bond donors (Lipinski definition) is 1. The number of thiophene rings is 1. The fraction of sp³-hybridized carbons (Fsp3) is 0.0769. The molecule has 1 aliphatic carbocycles. The van der Waals surface area contributed by atoms with E-state index < -0.39 is 0 Å². The van der Waals surface area contributed by atoms with Crippen LogP contribution in [0.4, 0.5) is 5.95 Å². The van der Waals surface area contributed by atoms with Gasteiger partial charge >= 0.3 is 0 Å². The Labute approximate surface area is 103 Å². The molecule has 3 rings (SSSR count). The van der Waals surface area contributed by atoms with Crippen molar-refractivity contribution < 1.29 is 0 Å². The van der Waals surface area contributed by atoms with Gasteiger partial charge in [0, 0.05) is 16.9 Å². The molecule has 0 atom stereocenters. The second kappa shape index (κ2) is 4.14. The van der Waals surface area contributed by atoms with Gasteiger partial charge in [-0.3, -0.25) is 0 Å². The summed E-state index contributed by atoms with van der Waals surface area (Å²) in [6, 6.07) is 4.04. The van der Waals surface area contributed by atoms with E-state index in [4.69, 9.17) is 5.73 Å². The summed E-state index contributed by atoms with van der Waals surface area (Å²) < 4.78 is 0. The average Bonchev–Trinajstić information content (AvgIpc) is 3.02. The molecule has 0 unspecified atom stereocenters. The quantitative estimate of drug-likeness (QED) is 0.879. The Hall–Kier alpha value is -1.94. The Bertz CT molecular complexity index is 573. The summed E-state index contributed by atoms with van der Waals surface area (Å²) in [6.45, 7) is 0. The molecule has 0 saturated carbocycles. The molecule has 0 radical (unpaired) electrons. The summed E-state index contributed by atoms with van der Waals surface area (Å²) in [7, 11) is 0. The normalized spacial score (nSPS) is 14.6. The zero-order valence-corrected chi connectivity index (χ0v) is 9.89. The molecule has 4 heteroatoms. The van der Waals surface area contributed by atoms with Gasteiger partial charge in [-0.15, -0.1) is 0 Å². The van der Waals surface area contributed by atoms with Crippen molar-refractivity contribution in [3.05, 3.63) is 52.9 Å². The maximum absolute atomic E-state index is 5.77. The third kappa shape index (κ3) is 1.99. The number of hydrogen-bond acceptors (Lipinski definition) is 4. The van der Waals surface area contributed by atoms with Crippen molar-refractivity contribution in [2.45, 2.75) is 5.92 Å². The van der Waals surface area contributed by atoms with Crippen molar-refractivity contribution in [2.24, 2.45) is 0 Å². The zero-order chi connectivity index (χ0) is 11.7. The van der Waals surface area contributed by atoms with E-state index in [-0.39, 0.29) is 5.92 Å². The van der Waals surface area contributed by atoms with Gasteiger partial charge in [0.1, 0.15) is 0 Å². The van der Waals surface area contributed by atoms with Crippen LogP contribution < -0.4 is 5.73 Å². The van der Waals surface area contributed by atoms with Crippen LogP contribution in [0.3, 0.4) is 0 Å². The van der Waals surface area contributed by atoms with E-state index in [1.165, 1.54) is 0 Å². The molecule has 17 heavy (non-hydrogen) atoms. The Balaban J connectivity index is 2.06. The summed E-state index contributed by atoms with van der Waals surface area (Å²) in [5.41, 5.74) is 8.70. The predicted octanol–water partition coefficient (Wildman–Crippen LogP) is 3.00. The van der Waals surface area contributed by atoms with Crippen molar-refractivity contribution in [3.63, 3.8) is 0 Å². The van der Waals surface area contributed by atoms with Crippen LogP contribution in [0.25, 0.3) is 11.3 Å². The summed E-state index contributed by atoms with van der Waals surface area (Å²) in [5, 5.41) is 4.09. The van der Waals surface area contributed by atoms with E-state index in [0.29, 0.717) is 5.95 Å². The van der Waals surface area contributed by atoms with Crippen LogP contribution in [0.5, 0.6) is 0 Å². The van der Waals surface area contributed by atoms with Crippen LogP contribution >= 0.6 is 11.3 Å². The second-order valence-electron chi connectivity index (χ2n) is 3.84. The highest BCUT2D eigenvalue weighted by atomic mass is 32.1. The lowest BCUT2D eigenvalue weighted by atomic mass is 10.1. The molecule has 2 aromatic rings. The summed E-state index contributed by atoms with van der Waals surface area (Å²) in [4.78, 5) is 8.57. The Kier molecular flexibility index (Phi) is 2.49. The molecule has 0 bridgehead atoms. The number of nitrogen functional groups attached to an aromatic ring is 1. The number of aromatic nitrogens is 2. The highest BCUT2D eigenvalue weighted by Gasteiger charge is 2.12.